The van der Waals surface area contributed by atoms with Crippen molar-refractivity contribution in [2.45, 2.75) is 5.92 Å². The van der Waals surface area contributed by atoms with Crippen molar-refractivity contribution in [2.24, 2.45) is 0 Å². The van der Waals surface area contributed by atoms with E-state index in [1.54, 1.807) is 0 Å². The van der Waals surface area contributed by atoms with Gasteiger partial charge in [0.1, 0.15) is 5.82 Å². The van der Waals surface area contributed by atoms with Crippen LogP contribution in [-0.4, -0.2) is 0 Å². The van der Waals surface area contributed by atoms with Gasteiger partial charge in [-0.15, -0.1) is 0 Å². The average molecular weight is 236 g/mol. The van der Waals surface area contributed by atoms with E-state index in [1.807, 2.05) is 30.3 Å². The third kappa shape index (κ3) is 2.12. The van der Waals surface area contributed by atoms with Gasteiger partial charge in [0, 0.05) is 5.92 Å². The van der Waals surface area contributed by atoms with E-state index < -0.39 is 0 Å². The Bertz CT molecular complexity index is 591. The molecule has 1 heteroatoms. The highest BCUT2D eigenvalue weighted by Crippen LogP contribution is 2.31. The fourth-order valence-electron chi connectivity index (χ4n) is 2.23. The summed E-state index contributed by atoms with van der Waals surface area (Å²) in [5.74, 6) is 0.0637. The van der Waals surface area contributed by atoms with Gasteiger partial charge in [0.2, 0.25) is 0 Å². The first-order valence-corrected chi connectivity index (χ1v) is 6.04. The zero-order valence-electron chi connectivity index (χ0n) is 9.88. The molecule has 0 nitrogen and oxygen atoms in total. The first kappa shape index (κ1) is 11.0. The van der Waals surface area contributed by atoms with Gasteiger partial charge >= 0.3 is 0 Å². The molecule has 0 saturated heterocycles. The average Bonchev–Trinajstić information content (AvgIpc) is 2.90. The van der Waals surface area contributed by atoms with Crippen LogP contribution in [-0.2, 0) is 0 Å². The smallest absolute Gasteiger partial charge is 0.123 e. The lowest BCUT2D eigenvalue weighted by atomic mass is 10.00. The van der Waals surface area contributed by atoms with Gasteiger partial charge in [-0.1, -0.05) is 60.7 Å². The second-order valence-corrected chi connectivity index (χ2v) is 4.42. The number of hydrogen-bond acceptors (Lipinski definition) is 0. The maximum Gasteiger partial charge on any atom is 0.123 e. The SMILES string of the molecule is Fc1ccc(C2C=CC(c3ccccc3)=C2)cc1. The molecule has 1 atom stereocenters. The lowest BCUT2D eigenvalue weighted by molar-refractivity contribution is 0.627. The molecule has 18 heavy (non-hydrogen) atoms. The van der Waals surface area contributed by atoms with Crippen LogP contribution in [0.1, 0.15) is 17.0 Å². The summed E-state index contributed by atoms with van der Waals surface area (Å²) in [4.78, 5) is 0. The van der Waals surface area contributed by atoms with Crippen LogP contribution in [0.3, 0.4) is 0 Å². The third-order valence-electron chi connectivity index (χ3n) is 3.20. The lowest BCUT2D eigenvalue weighted by Crippen LogP contribution is -1.88. The van der Waals surface area contributed by atoms with E-state index in [9.17, 15) is 4.39 Å². The van der Waals surface area contributed by atoms with Crippen LogP contribution >= 0.6 is 0 Å². The second kappa shape index (κ2) is 4.61. The molecule has 1 aliphatic carbocycles. The van der Waals surface area contributed by atoms with E-state index in [0.29, 0.717) is 0 Å². The van der Waals surface area contributed by atoms with Gasteiger partial charge in [0.05, 0.1) is 0 Å². The fourth-order valence-corrected chi connectivity index (χ4v) is 2.23. The molecule has 1 unspecified atom stereocenters. The van der Waals surface area contributed by atoms with Crippen molar-refractivity contribution in [3.63, 3.8) is 0 Å². The highest BCUT2D eigenvalue weighted by Gasteiger charge is 2.12. The molecule has 0 spiro atoms. The maximum atomic E-state index is 12.9. The molecule has 1 aliphatic rings. The zero-order chi connectivity index (χ0) is 12.4. The first-order valence-electron chi connectivity index (χ1n) is 6.04. The highest BCUT2D eigenvalue weighted by atomic mass is 19.1. The molecule has 2 aromatic carbocycles. The van der Waals surface area contributed by atoms with Crippen molar-refractivity contribution < 1.29 is 4.39 Å². The molecule has 88 valence electrons. The molecule has 2 aromatic rings. The first-order chi connectivity index (χ1) is 8.83. The van der Waals surface area contributed by atoms with Crippen molar-refractivity contribution in [3.05, 3.63) is 89.8 Å². The van der Waals surface area contributed by atoms with Crippen LogP contribution in [0.15, 0.2) is 72.8 Å². The van der Waals surface area contributed by atoms with E-state index in [0.717, 1.165) is 5.56 Å². The Morgan fingerprint density at radius 2 is 1.56 bits per heavy atom. The predicted molar refractivity (Wildman–Crippen MR) is 72.7 cm³/mol. The van der Waals surface area contributed by atoms with Crippen LogP contribution < -0.4 is 0 Å². The number of allylic oxidation sites excluding steroid dienone is 4. The second-order valence-electron chi connectivity index (χ2n) is 4.42. The molecular formula is C17H13F. The Labute approximate surface area is 106 Å². The van der Waals surface area contributed by atoms with Gasteiger partial charge in [-0.05, 0) is 28.8 Å². The molecule has 0 aromatic heterocycles. The minimum atomic E-state index is -0.187. The summed E-state index contributed by atoms with van der Waals surface area (Å²) in [6.07, 6.45) is 6.49. The van der Waals surface area contributed by atoms with Crippen molar-refractivity contribution in [1.82, 2.24) is 0 Å². The van der Waals surface area contributed by atoms with Crippen molar-refractivity contribution >= 4 is 5.57 Å². The molecule has 0 aliphatic heterocycles. The number of halogens is 1. The third-order valence-corrected chi connectivity index (χ3v) is 3.20. The molecule has 0 amide bonds. The van der Waals surface area contributed by atoms with E-state index >= 15 is 0 Å². The van der Waals surface area contributed by atoms with E-state index in [-0.39, 0.29) is 11.7 Å². The quantitative estimate of drug-likeness (QED) is 0.717. The van der Waals surface area contributed by atoms with Gasteiger partial charge in [0.15, 0.2) is 0 Å². The van der Waals surface area contributed by atoms with Crippen molar-refractivity contribution in [2.75, 3.05) is 0 Å². The van der Waals surface area contributed by atoms with Crippen LogP contribution in [0.5, 0.6) is 0 Å². The highest BCUT2D eigenvalue weighted by molar-refractivity contribution is 5.78. The van der Waals surface area contributed by atoms with Gasteiger partial charge in [-0.25, -0.2) is 4.39 Å². The molecule has 0 heterocycles. The summed E-state index contributed by atoms with van der Waals surface area (Å²) in [6.45, 7) is 0. The summed E-state index contributed by atoms with van der Waals surface area (Å²) in [7, 11) is 0. The molecule has 0 radical (unpaired) electrons. The molecular weight excluding hydrogens is 223 g/mol. The number of benzene rings is 2. The minimum Gasteiger partial charge on any atom is -0.207 e. The monoisotopic (exact) mass is 236 g/mol. The Morgan fingerprint density at radius 3 is 2.28 bits per heavy atom. The predicted octanol–water partition coefficient (Wildman–Crippen LogP) is 4.56. The summed E-state index contributed by atoms with van der Waals surface area (Å²) >= 11 is 0. The lowest BCUT2D eigenvalue weighted by Gasteiger charge is -2.05. The summed E-state index contributed by atoms with van der Waals surface area (Å²) < 4.78 is 12.9. The summed E-state index contributed by atoms with van der Waals surface area (Å²) in [5.41, 5.74) is 3.57. The van der Waals surface area contributed by atoms with Gasteiger partial charge in [-0.3, -0.25) is 0 Å². The Kier molecular flexibility index (Phi) is 2.81. The Hall–Kier alpha value is -2.15. The van der Waals surface area contributed by atoms with Gasteiger partial charge in [0.25, 0.3) is 0 Å². The maximum absolute atomic E-state index is 12.9. The number of hydrogen-bond donors (Lipinski definition) is 0. The van der Waals surface area contributed by atoms with E-state index in [1.165, 1.54) is 23.3 Å². The summed E-state index contributed by atoms with van der Waals surface area (Å²) in [5, 5.41) is 0. The van der Waals surface area contributed by atoms with E-state index in [4.69, 9.17) is 0 Å². The summed E-state index contributed by atoms with van der Waals surface area (Å²) in [6, 6.07) is 17.0. The van der Waals surface area contributed by atoms with Crippen molar-refractivity contribution in [3.8, 4) is 0 Å². The van der Waals surface area contributed by atoms with Crippen molar-refractivity contribution in [1.29, 1.82) is 0 Å². The molecule has 3 rings (SSSR count). The largest absolute Gasteiger partial charge is 0.207 e. The molecule has 0 bridgehead atoms. The molecule has 0 fully saturated rings. The van der Waals surface area contributed by atoms with E-state index in [2.05, 4.69) is 30.4 Å². The number of rotatable bonds is 2. The van der Waals surface area contributed by atoms with Gasteiger partial charge in [-0.2, -0.15) is 0 Å². The van der Waals surface area contributed by atoms with Crippen LogP contribution in [0.2, 0.25) is 0 Å². The molecule has 0 saturated carbocycles. The van der Waals surface area contributed by atoms with Crippen LogP contribution in [0, 0.1) is 5.82 Å². The minimum absolute atomic E-state index is 0.187. The topological polar surface area (TPSA) is 0 Å². The Morgan fingerprint density at radius 1 is 0.833 bits per heavy atom. The van der Waals surface area contributed by atoms with Crippen LogP contribution in [0.4, 0.5) is 4.39 Å². The Balaban J connectivity index is 1.89. The molecule has 0 N–H and O–H groups in total. The van der Waals surface area contributed by atoms with Crippen LogP contribution in [0.25, 0.3) is 5.57 Å². The zero-order valence-corrected chi connectivity index (χ0v) is 9.88. The standard InChI is InChI=1S/C17H13F/c18-17-10-8-14(9-11-17)16-7-6-15(12-16)13-4-2-1-3-5-13/h1-12,16H. The van der Waals surface area contributed by atoms with Gasteiger partial charge < -0.3 is 0 Å². The fraction of sp³-hybridized carbons (Fsp3) is 0.0588. The normalized spacial score (nSPS) is 17.8.